The minimum Gasteiger partial charge on any atom is -0.331 e. The van der Waals surface area contributed by atoms with Crippen LogP contribution in [-0.2, 0) is 6.54 Å². The number of nitrogens with one attached hydrogen (secondary N) is 1. The molecule has 17 heavy (non-hydrogen) atoms. The molecule has 2 aromatic rings. The Morgan fingerprint density at radius 1 is 1.41 bits per heavy atom. The predicted octanol–water partition coefficient (Wildman–Crippen LogP) is 2.10. The fourth-order valence-corrected chi connectivity index (χ4v) is 1.69. The third-order valence-electron chi connectivity index (χ3n) is 2.25. The van der Waals surface area contributed by atoms with Gasteiger partial charge in [0.25, 0.3) is 5.69 Å². The number of non-ortho nitro benzene ring substituents is 1. The highest BCUT2D eigenvalue weighted by Gasteiger charge is 2.11. The molecular formula is C10H9ClN4O2. The molecule has 0 spiro atoms. The van der Waals surface area contributed by atoms with Crippen LogP contribution >= 0.6 is 11.6 Å². The zero-order chi connectivity index (χ0) is 12.4. The number of nitro benzene ring substituents is 1. The van der Waals surface area contributed by atoms with Crippen LogP contribution in [0.15, 0.2) is 24.3 Å². The lowest BCUT2D eigenvalue weighted by atomic mass is 10.1. The summed E-state index contributed by atoms with van der Waals surface area (Å²) in [5.74, 6) is 0.573. The molecule has 0 unspecified atom stereocenters. The zero-order valence-corrected chi connectivity index (χ0v) is 9.44. The van der Waals surface area contributed by atoms with Crippen LogP contribution in [0.5, 0.6) is 0 Å². The maximum absolute atomic E-state index is 10.5. The molecule has 1 aromatic heterocycles. The summed E-state index contributed by atoms with van der Waals surface area (Å²) < 4.78 is 0. The molecule has 0 aliphatic carbocycles. The molecule has 0 aliphatic heterocycles. The standard InChI is InChI=1S/C10H9ClN4O2/c11-10-9(13-8(5-12)14-10)6-1-3-7(4-2-6)15(16)17/h1-4H,5,12H2,(H,13,14). The van der Waals surface area contributed by atoms with Gasteiger partial charge in [-0.3, -0.25) is 10.1 Å². The minimum absolute atomic E-state index is 0.0273. The topological polar surface area (TPSA) is 97.8 Å². The summed E-state index contributed by atoms with van der Waals surface area (Å²) in [4.78, 5) is 17.1. The number of H-pyrrole nitrogens is 1. The van der Waals surface area contributed by atoms with Gasteiger partial charge in [0, 0.05) is 17.7 Å². The number of aromatic amines is 1. The summed E-state index contributed by atoms with van der Waals surface area (Å²) in [6.07, 6.45) is 0. The third-order valence-corrected chi connectivity index (χ3v) is 2.53. The van der Waals surface area contributed by atoms with Crippen LogP contribution in [-0.4, -0.2) is 14.9 Å². The molecule has 88 valence electrons. The predicted molar refractivity (Wildman–Crippen MR) is 63.6 cm³/mol. The molecule has 0 radical (unpaired) electrons. The van der Waals surface area contributed by atoms with Gasteiger partial charge >= 0.3 is 0 Å². The Morgan fingerprint density at radius 3 is 2.53 bits per heavy atom. The van der Waals surface area contributed by atoms with Crippen molar-refractivity contribution in [3.63, 3.8) is 0 Å². The Hall–Kier alpha value is -1.92. The van der Waals surface area contributed by atoms with Crippen molar-refractivity contribution in [3.05, 3.63) is 45.4 Å². The minimum atomic E-state index is -0.457. The molecule has 0 fully saturated rings. The first kappa shape index (κ1) is 11.6. The first-order valence-corrected chi connectivity index (χ1v) is 5.19. The number of hydrogen-bond donors (Lipinski definition) is 2. The van der Waals surface area contributed by atoms with E-state index in [0.29, 0.717) is 22.2 Å². The Morgan fingerprint density at radius 2 is 2.06 bits per heavy atom. The van der Waals surface area contributed by atoms with Crippen molar-refractivity contribution in [2.75, 3.05) is 0 Å². The molecule has 7 heteroatoms. The quantitative estimate of drug-likeness (QED) is 0.645. The highest BCUT2D eigenvalue weighted by Crippen LogP contribution is 2.26. The second kappa shape index (κ2) is 4.52. The lowest BCUT2D eigenvalue weighted by Crippen LogP contribution is -1.97. The average molecular weight is 253 g/mol. The molecule has 0 saturated carbocycles. The van der Waals surface area contributed by atoms with E-state index in [4.69, 9.17) is 17.3 Å². The van der Waals surface area contributed by atoms with Crippen LogP contribution in [0.25, 0.3) is 11.3 Å². The van der Waals surface area contributed by atoms with Crippen LogP contribution in [0, 0.1) is 10.1 Å². The number of rotatable bonds is 3. The summed E-state index contributed by atoms with van der Waals surface area (Å²) >= 11 is 5.95. The van der Waals surface area contributed by atoms with Gasteiger partial charge in [-0.05, 0) is 12.1 Å². The van der Waals surface area contributed by atoms with Gasteiger partial charge in [-0.15, -0.1) is 0 Å². The maximum Gasteiger partial charge on any atom is 0.269 e. The number of hydrogen-bond acceptors (Lipinski definition) is 4. The molecule has 0 amide bonds. The highest BCUT2D eigenvalue weighted by atomic mass is 35.5. The van der Waals surface area contributed by atoms with Crippen molar-refractivity contribution in [1.82, 2.24) is 9.97 Å². The maximum atomic E-state index is 10.5. The summed E-state index contributed by atoms with van der Waals surface area (Å²) in [5, 5.41) is 10.9. The van der Waals surface area contributed by atoms with E-state index < -0.39 is 4.92 Å². The van der Waals surface area contributed by atoms with Crippen LogP contribution < -0.4 is 5.73 Å². The van der Waals surface area contributed by atoms with Gasteiger partial charge in [-0.25, -0.2) is 4.98 Å². The van der Waals surface area contributed by atoms with E-state index in [0.717, 1.165) is 0 Å². The fourth-order valence-electron chi connectivity index (χ4n) is 1.43. The Kier molecular flexibility index (Phi) is 3.08. The summed E-state index contributed by atoms with van der Waals surface area (Å²) in [7, 11) is 0. The molecule has 0 bridgehead atoms. The van der Waals surface area contributed by atoms with Crippen LogP contribution in [0.1, 0.15) is 5.82 Å². The Balaban J connectivity index is 2.39. The van der Waals surface area contributed by atoms with E-state index in [1.54, 1.807) is 12.1 Å². The Labute approximate surface area is 102 Å². The van der Waals surface area contributed by atoms with E-state index in [1.807, 2.05) is 0 Å². The van der Waals surface area contributed by atoms with Gasteiger partial charge in [0.15, 0.2) is 0 Å². The summed E-state index contributed by atoms with van der Waals surface area (Å²) in [5.41, 5.74) is 6.71. The lowest BCUT2D eigenvalue weighted by Gasteiger charge is -1.97. The largest absolute Gasteiger partial charge is 0.331 e. The number of nitro groups is 1. The average Bonchev–Trinajstić information content (AvgIpc) is 2.71. The first-order valence-electron chi connectivity index (χ1n) is 4.81. The normalized spacial score (nSPS) is 10.5. The number of benzene rings is 1. The molecular weight excluding hydrogens is 244 g/mol. The number of halogens is 1. The van der Waals surface area contributed by atoms with Crippen molar-refractivity contribution >= 4 is 17.3 Å². The second-order valence-corrected chi connectivity index (χ2v) is 3.73. The second-order valence-electron chi connectivity index (χ2n) is 3.35. The number of nitrogens with zero attached hydrogens (tertiary/aromatic N) is 2. The monoisotopic (exact) mass is 252 g/mol. The van der Waals surface area contributed by atoms with Gasteiger partial charge in [0.2, 0.25) is 0 Å². The van der Waals surface area contributed by atoms with Gasteiger partial charge < -0.3 is 10.7 Å². The van der Waals surface area contributed by atoms with Crippen LogP contribution in [0.4, 0.5) is 5.69 Å². The number of nitrogens with two attached hydrogens (primary N) is 1. The molecule has 0 aliphatic rings. The van der Waals surface area contributed by atoms with Crippen molar-refractivity contribution < 1.29 is 4.92 Å². The number of aromatic nitrogens is 2. The lowest BCUT2D eigenvalue weighted by molar-refractivity contribution is -0.384. The SMILES string of the molecule is NCc1nc(-c2ccc([N+](=O)[O-])cc2)c(Cl)[nH]1. The zero-order valence-electron chi connectivity index (χ0n) is 8.68. The fraction of sp³-hybridized carbons (Fsp3) is 0.100. The molecule has 0 saturated heterocycles. The molecule has 0 atom stereocenters. The first-order chi connectivity index (χ1) is 8.11. The van der Waals surface area contributed by atoms with E-state index in [-0.39, 0.29) is 12.2 Å². The van der Waals surface area contributed by atoms with E-state index in [1.165, 1.54) is 12.1 Å². The van der Waals surface area contributed by atoms with Gasteiger partial charge in [-0.1, -0.05) is 11.6 Å². The molecule has 1 aromatic carbocycles. The third kappa shape index (κ3) is 2.27. The van der Waals surface area contributed by atoms with Crippen molar-refractivity contribution in [3.8, 4) is 11.3 Å². The highest BCUT2D eigenvalue weighted by molar-refractivity contribution is 6.31. The summed E-state index contributed by atoms with van der Waals surface area (Å²) in [6.45, 7) is 0.257. The van der Waals surface area contributed by atoms with E-state index in [2.05, 4.69) is 9.97 Å². The number of imidazole rings is 1. The molecule has 2 rings (SSSR count). The van der Waals surface area contributed by atoms with Crippen molar-refractivity contribution in [2.45, 2.75) is 6.54 Å². The molecule has 3 N–H and O–H groups in total. The van der Waals surface area contributed by atoms with Crippen LogP contribution in [0.3, 0.4) is 0 Å². The molecule has 6 nitrogen and oxygen atoms in total. The van der Waals surface area contributed by atoms with Gasteiger partial charge in [0.1, 0.15) is 16.7 Å². The van der Waals surface area contributed by atoms with Crippen molar-refractivity contribution in [1.29, 1.82) is 0 Å². The molecule has 1 heterocycles. The smallest absolute Gasteiger partial charge is 0.269 e. The van der Waals surface area contributed by atoms with Gasteiger partial charge in [0.05, 0.1) is 11.5 Å². The van der Waals surface area contributed by atoms with Crippen molar-refractivity contribution in [2.24, 2.45) is 5.73 Å². The summed E-state index contributed by atoms with van der Waals surface area (Å²) in [6, 6.07) is 6.01. The van der Waals surface area contributed by atoms with Crippen LogP contribution in [0.2, 0.25) is 5.15 Å². The van der Waals surface area contributed by atoms with E-state index in [9.17, 15) is 10.1 Å². The van der Waals surface area contributed by atoms with E-state index >= 15 is 0 Å². The Bertz CT molecular complexity index is 550. The van der Waals surface area contributed by atoms with Gasteiger partial charge in [-0.2, -0.15) is 0 Å².